The quantitative estimate of drug-likeness (QED) is 0.0204. The highest BCUT2D eigenvalue weighted by Crippen LogP contribution is 2.30. The molecule has 0 aromatic rings. The van der Waals surface area contributed by atoms with Crippen LogP contribution in [0.5, 0.6) is 0 Å². The Morgan fingerprint density at radius 2 is 0.886 bits per heavy atom. The Morgan fingerprint density at radius 3 is 1.39 bits per heavy atom. The standard InChI is InChI=1S/C65H115NO13/c1-3-5-7-9-11-13-15-17-19-21-22-23-24-25-26-27-28-29-30-31-32-33-35-37-39-41-43-45-47-49-57(70)66-53(54(69)48-46-44-42-40-38-36-34-20-18-16-14-12-10-8-6-4-2)52-76-64-62(75)60(73)63(56(51-68)78-64)79-65-61(74)59(72)58(71)55(50-67)77-65/h5,7,11,13,17,19,22-23,38,40,46,48,53-56,58-65,67-69,71-75H,3-4,6,8-10,12,14-16,18,20-21,24-37,39,41-45,47,49-52H2,1-2H3,(H,66,70)/b7-5-,13-11-,19-17-,23-22-,40-38+,48-46+. The van der Waals surface area contributed by atoms with Gasteiger partial charge in [0.15, 0.2) is 12.6 Å². The van der Waals surface area contributed by atoms with Crippen molar-refractivity contribution in [2.45, 2.75) is 312 Å². The SMILES string of the molecule is CC/C=C\C/C=C\C/C=C\C/C=C\CCCCCCCCCCCCCCCCCCC(=O)NC(COC1OC(CO)C(OC2OC(CO)C(O)C(O)C2O)C(O)C1O)C(O)/C=C/CC/C=C/CCCCCCCCCCCC. The predicted octanol–water partition coefficient (Wildman–Crippen LogP) is 11.5. The van der Waals surface area contributed by atoms with E-state index in [2.05, 4.69) is 79.9 Å². The molecule has 14 nitrogen and oxygen atoms in total. The van der Waals surface area contributed by atoms with Crippen molar-refractivity contribution >= 4 is 5.91 Å². The molecular weight excluding hydrogens is 1000 g/mol. The topological polar surface area (TPSA) is 228 Å². The van der Waals surface area contributed by atoms with Crippen molar-refractivity contribution < 1.29 is 64.6 Å². The number of hydrogen-bond donors (Lipinski definition) is 9. The van der Waals surface area contributed by atoms with Gasteiger partial charge in [0.25, 0.3) is 0 Å². The van der Waals surface area contributed by atoms with Crippen molar-refractivity contribution in [1.29, 1.82) is 0 Å². The summed E-state index contributed by atoms with van der Waals surface area (Å²) in [5.41, 5.74) is 0. The number of amides is 1. The average Bonchev–Trinajstić information content (AvgIpc) is 3.48. The van der Waals surface area contributed by atoms with Crippen LogP contribution in [0.1, 0.15) is 239 Å². The summed E-state index contributed by atoms with van der Waals surface area (Å²) in [6.45, 7) is 2.67. The Balaban J connectivity index is 1.70. The molecular formula is C65H115NO13. The molecule has 2 aliphatic rings. The van der Waals surface area contributed by atoms with Crippen LogP contribution in [-0.4, -0.2) is 140 Å². The minimum Gasteiger partial charge on any atom is -0.394 e. The number of allylic oxidation sites excluding steroid dienone is 11. The van der Waals surface area contributed by atoms with Crippen LogP contribution < -0.4 is 5.32 Å². The van der Waals surface area contributed by atoms with E-state index in [-0.39, 0.29) is 18.9 Å². The van der Waals surface area contributed by atoms with Gasteiger partial charge in [-0.1, -0.05) is 234 Å². The molecule has 0 saturated carbocycles. The Kier molecular flexibility index (Phi) is 45.9. The van der Waals surface area contributed by atoms with Gasteiger partial charge in [0, 0.05) is 6.42 Å². The summed E-state index contributed by atoms with van der Waals surface area (Å²) < 4.78 is 22.8. The van der Waals surface area contributed by atoms with E-state index >= 15 is 0 Å². The summed E-state index contributed by atoms with van der Waals surface area (Å²) in [5.74, 6) is -0.250. The molecule has 79 heavy (non-hydrogen) atoms. The van der Waals surface area contributed by atoms with Crippen LogP contribution in [0.4, 0.5) is 0 Å². The lowest BCUT2D eigenvalue weighted by molar-refractivity contribution is -0.359. The second-order valence-corrected chi connectivity index (χ2v) is 22.1. The van der Waals surface area contributed by atoms with Gasteiger partial charge in [-0.05, 0) is 70.6 Å². The molecule has 0 aromatic carbocycles. The molecule has 12 atom stereocenters. The van der Waals surface area contributed by atoms with Gasteiger partial charge in [0.05, 0.1) is 32.0 Å². The van der Waals surface area contributed by atoms with E-state index in [1.165, 1.54) is 148 Å². The Hall–Kier alpha value is -2.57. The normalized spacial score (nSPS) is 24.9. The number of ether oxygens (including phenoxy) is 4. The first-order valence-corrected chi connectivity index (χ1v) is 31.7. The van der Waals surface area contributed by atoms with E-state index in [1.807, 2.05) is 6.08 Å². The van der Waals surface area contributed by atoms with Crippen molar-refractivity contribution in [2.75, 3.05) is 19.8 Å². The van der Waals surface area contributed by atoms with Gasteiger partial charge in [-0.25, -0.2) is 0 Å². The molecule has 2 fully saturated rings. The van der Waals surface area contributed by atoms with Crippen LogP contribution in [0, 0.1) is 0 Å². The number of carbonyl (C=O) groups excluding carboxylic acids is 1. The molecule has 0 spiro atoms. The fourth-order valence-corrected chi connectivity index (χ4v) is 10.1. The van der Waals surface area contributed by atoms with Crippen molar-refractivity contribution in [1.82, 2.24) is 5.32 Å². The third kappa shape index (κ3) is 35.2. The summed E-state index contributed by atoms with van der Waals surface area (Å²) >= 11 is 0. The maximum Gasteiger partial charge on any atom is 0.220 e. The first-order chi connectivity index (χ1) is 38.6. The highest BCUT2D eigenvalue weighted by atomic mass is 16.7. The maximum absolute atomic E-state index is 13.3. The fourth-order valence-electron chi connectivity index (χ4n) is 10.1. The predicted molar refractivity (Wildman–Crippen MR) is 318 cm³/mol. The van der Waals surface area contributed by atoms with Crippen molar-refractivity contribution in [2.24, 2.45) is 0 Å². The first kappa shape index (κ1) is 72.5. The van der Waals surface area contributed by atoms with Crippen molar-refractivity contribution in [3.05, 3.63) is 72.9 Å². The van der Waals surface area contributed by atoms with Gasteiger partial charge in [0.1, 0.15) is 48.8 Å². The first-order valence-electron chi connectivity index (χ1n) is 31.7. The second kappa shape index (κ2) is 50.0. The molecule has 2 aliphatic heterocycles. The van der Waals surface area contributed by atoms with Crippen LogP contribution >= 0.6 is 0 Å². The number of aliphatic hydroxyl groups excluding tert-OH is 8. The Morgan fingerprint density at radius 1 is 0.468 bits per heavy atom. The van der Waals surface area contributed by atoms with Crippen molar-refractivity contribution in [3.63, 3.8) is 0 Å². The third-order valence-corrected chi connectivity index (χ3v) is 15.1. The van der Waals surface area contributed by atoms with Gasteiger partial charge in [-0.2, -0.15) is 0 Å². The number of carbonyl (C=O) groups is 1. The van der Waals surface area contributed by atoms with Crippen LogP contribution in [0.3, 0.4) is 0 Å². The highest BCUT2D eigenvalue weighted by Gasteiger charge is 2.51. The van der Waals surface area contributed by atoms with E-state index < -0.39 is 86.8 Å². The minimum absolute atomic E-state index is 0.250. The zero-order valence-corrected chi connectivity index (χ0v) is 49.3. The van der Waals surface area contributed by atoms with Gasteiger partial charge in [-0.15, -0.1) is 0 Å². The maximum atomic E-state index is 13.3. The molecule has 458 valence electrons. The summed E-state index contributed by atoms with van der Waals surface area (Å²) in [4.78, 5) is 13.3. The summed E-state index contributed by atoms with van der Waals surface area (Å²) in [7, 11) is 0. The third-order valence-electron chi connectivity index (χ3n) is 15.1. The molecule has 0 radical (unpaired) electrons. The van der Waals surface area contributed by atoms with E-state index in [9.17, 15) is 45.6 Å². The monoisotopic (exact) mass is 1120 g/mol. The van der Waals surface area contributed by atoms with E-state index in [0.29, 0.717) is 12.8 Å². The minimum atomic E-state index is -1.79. The van der Waals surface area contributed by atoms with Gasteiger partial charge in [0.2, 0.25) is 5.91 Å². The summed E-state index contributed by atoms with van der Waals surface area (Å²) in [6.07, 6.45) is 49.5. The van der Waals surface area contributed by atoms with Crippen LogP contribution in [0.15, 0.2) is 72.9 Å². The molecule has 0 aliphatic carbocycles. The number of hydrogen-bond acceptors (Lipinski definition) is 13. The molecule has 2 rings (SSSR count). The van der Waals surface area contributed by atoms with Gasteiger partial charge in [-0.3, -0.25) is 4.79 Å². The molecule has 0 aromatic heterocycles. The number of aliphatic hydroxyl groups is 8. The van der Waals surface area contributed by atoms with E-state index in [0.717, 1.165) is 57.8 Å². The Labute approximate surface area is 478 Å². The highest BCUT2D eigenvalue weighted by molar-refractivity contribution is 5.76. The zero-order valence-electron chi connectivity index (χ0n) is 49.3. The lowest BCUT2D eigenvalue weighted by Crippen LogP contribution is -2.65. The van der Waals surface area contributed by atoms with E-state index in [4.69, 9.17) is 18.9 Å². The number of unbranched alkanes of at least 4 members (excludes halogenated alkanes) is 27. The van der Waals surface area contributed by atoms with Crippen LogP contribution in [0.25, 0.3) is 0 Å². The lowest BCUT2D eigenvalue weighted by atomic mass is 9.97. The molecule has 14 heteroatoms. The smallest absolute Gasteiger partial charge is 0.220 e. The molecule has 9 N–H and O–H groups in total. The van der Waals surface area contributed by atoms with Crippen molar-refractivity contribution in [3.8, 4) is 0 Å². The molecule has 2 saturated heterocycles. The molecule has 2 heterocycles. The second-order valence-electron chi connectivity index (χ2n) is 22.1. The fraction of sp³-hybridized carbons (Fsp3) is 0.800. The Bertz CT molecular complexity index is 1600. The lowest BCUT2D eigenvalue weighted by Gasteiger charge is -2.46. The summed E-state index contributed by atoms with van der Waals surface area (Å²) in [6, 6.07) is -0.934. The average molecular weight is 1120 g/mol. The molecule has 1 amide bonds. The number of rotatable bonds is 50. The molecule has 12 unspecified atom stereocenters. The zero-order chi connectivity index (χ0) is 57.4. The van der Waals surface area contributed by atoms with Crippen LogP contribution in [-0.2, 0) is 23.7 Å². The van der Waals surface area contributed by atoms with Gasteiger partial charge >= 0.3 is 0 Å². The summed E-state index contributed by atoms with van der Waals surface area (Å²) in [5, 5.41) is 87.1. The number of nitrogens with one attached hydrogen (secondary N) is 1. The van der Waals surface area contributed by atoms with Gasteiger partial charge < -0.3 is 65.1 Å². The van der Waals surface area contributed by atoms with E-state index in [1.54, 1.807) is 6.08 Å². The van der Waals surface area contributed by atoms with Crippen LogP contribution in [0.2, 0.25) is 0 Å². The molecule has 0 bridgehead atoms. The largest absolute Gasteiger partial charge is 0.394 e.